The molecule has 130 valence electrons. The van der Waals surface area contributed by atoms with Crippen molar-refractivity contribution in [2.24, 2.45) is 5.92 Å². The van der Waals surface area contributed by atoms with Gasteiger partial charge in [0.1, 0.15) is 0 Å². The topological polar surface area (TPSA) is 85.0 Å². The molecule has 1 saturated heterocycles. The molecule has 1 rings (SSSR count). The van der Waals surface area contributed by atoms with Crippen LogP contribution < -0.4 is 0 Å². The zero-order valence-electron chi connectivity index (χ0n) is 14.8. The molecule has 0 radical (unpaired) electrons. The van der Waals surface area contributed by atoms with Crippen molar-refractivity contribution in [2.45, 2.75) is 67.1 Å². The molecule has 0 aromatic carbocycles. The van der Waals surface area contributed by atoms with E-state index in [1.165, 1.54) is 13.8 Å². The van der Waals surface area contributed by atoms with Crippen LogP contribution in [0.4, 0.5) is 0 Å². The van der Waals surface area contributed by atoms with Crippen molar-refractivity contribution in [1.29, 1.82) is 0 Å². The molecule has 0 aliphatic carbocycles. The van der Waals surface area contributed by atoms with Crippen LogP contribution in [0.25, 0.3) is 0 Å². The van der Waals surface area contributed by atoms with Gasteiger partial charge in [0.25, 0.3) is 0 Å². The fourth-order valence-corrected chi connectivity index (χ4v) is 0.747. The molecule has 1 heterocycles. The van der Waals surface area contributed by atoms with Crippen molar-refractivity contribution < 1.29 is 28.5 Å². The molecule has 2 unspecified atom stereocenters. The van der Waals surface area contributed by atoms with E-state index in [2.05, 4.69) is 18.3 Å². The maximum absolute atomic E-state index is 10.2. The quantitative estimate of drug-likeness (QED) is 0.344. The van der Waals surface area contributed by atoms with Gasteiger partial charge in [-0.05, 0) is 26.2 Å². The third kappa shape index (κ3) is 36.3. The van der Waals surface area contributed by atoms with Crippen LogP contribution in [0.2, 0.25) is 0 Å². The zero-order valence-corrected chi connectivity index (χ0v) is 14.8. The third-order valence-corrected chi connectivity index (χ3v) is 2.06. The summed E-state index contributed by atoms with van der Waals surface area (Å²) in [5, 5.41) is 0. The molecule has 0 bridgehead atoms. The average molecular weight is 318 g/mol. The second-order valence-corrected chi connectivity index (χ2v) is 5.17. The SMILES string of the molecule is CC(=O)OCC(C)C.CC1CO1.CCC(C)OC(C)=O.[C-]#[O+]. The Bertz CT molecular complexity index is 294. The molecule has 0 saturated carbocycles. The van der Waals surface area contributed by atoms with Crippen LogP contribution in [0.1, 0.15) is 54.9 Å². The van der Waals surface area contributed by atoms with Gasteiger partial charge in [-0.3, -0.25) is 9.59 Å². The van der Waals surface area contributed by atoms with Gasteiger partial charge in [-0.2, -0.15) is 0 Å². The summed E-state index contributed by atoms with van der Waals surface area (Å²) in [7, 11) is 0. The number of esters is 2. The predicted octanol–water partition coefficient (Wildman–Crippen LogP) is 2.92. The first-order chi connectivity index (χ1) is 10.2. The first-order valence-electron chi connectivity index (χ1n) is 7.31. The van der Waals surface area contributed by atoms with Crippen LogP contribution in [-0.4, -0.2) is 37.4 Å². The van der Waals surface area contributed by atoms with E-state index in [0.717, 1.165) is 13.0 Å². The average Bonchev–Trinajstić information content (AvgIpc) is 3.22. The summed E-state index contributed by atoms with van der Waals surface area (Å²) in [5.74, 6) is 0.0527. The summed E-state index contributed by atoms with van der Waals surface area (Å²) in [6.07, 6.45) is 1.55. The molecule has 1 aliphatic rings. The van der Waals surface area contributed by atoms with Crippen molar-refractivity contribution in [3.05, 3.63) is 6.65 Å². The predicted molar refractivity (Wildman–Crippen MR) is 82.3 cm³/mol. The van der Waals surface area contributed by atoms with Crippen molar-refractivity contribution in [1.82, 2.24) is 0 Å². The van der Waals surface area contributed by atoms with Gasteiger partial charge in [0, 0.05) is 13.8 Å². The van der Waals surface area contributed by atoms with Crippen LogP contribution >= 0.6 is 0 Å². The van der Waals surface area contributed by atoms with Crippen molar-refractivity contribution in [2.75, 3.05) is 13.2 Å². The Kier molecular flexibility index (Phi) is 20.6. The minimum absolute atomic E-state index is 0.0764. The second-order valence-electron chi connectivity index (χ2n) is 5.17. The molecule has 0 aromatic rings. The zero-order chi connectivity index (χ0) is 18.1. The van der Waals surface area contributed by atoms with Gasteiger partial charge in [-0.25, -0.2) is 0 Å². The Balaban J connectivity index is -0.000000242. The summed E-state index contributed by atoms with van der Waals surface area (Å²) in [6, 6.07) is 0. The monoisotopic (exact) mass is 318 g/mol. The molecule has 1 aliphatic heterocycles. The molecule has 22 heavy (non-hydrogen) atoms. The van der Waals surface area contributed by atoms with Crippen molar-refractivity contribution in [3.8, 4) is 0 Å². The Hall–Kier alpha value is -1.36. The normalized spacial score (nSPS) is 15.5. The first kappa shape index (κ1) is 25.6. The summed E-state index contributed by atoms with van der Waals surface area (Å²) in [5.41, 5.74) is 0. The number of rotatable bonds is 4. The van der Waals surface area contributed by atoms with E-state index in [1.54, 1.807) is 0 Å². The summed E-state index contributed by atoms with van der Waals surface area (Å²) in [4.78, 5) is 20.3. The molecular formula is C16H30O6. The number of hydrogen-bond donors (Lipinski definition) is 0. The van der Waals surface area contributed by atoms with Gasteiger partial charge >= 0.3 is 23.2 Å². The fourth-order valence-electron chi connectivity index (χ4n) is 0.747. The molecule has 0 aromatic heterocycles. The van der Waals surface area contributed by atoms with Gasteiger partial charge in [-0.15, -0.1) is 0 Å². The van der Waals surface area contributed by atoms with E-state index in [4.69, 9.17) is 14.1 Å². The van der Waals surface area contributed by atoms with Crippen molar-refractivity contribution in [3.63, 3.8) is 0 Å². The Morgan fingerprint density at radius 3 is 1.73 bits per heavy atom. The number of epoxide rings is 1. The van der Waals surface area contributed by atoms with Gasteiger partial charge in [0.15, 0.2) is 0 Å². The fraction of sp³-hybridized carbons (Fsp3) is 0.812. The first-order valence-corrected chi connectivity index (χ1v) is 7.31. The van der Waals surface area contributed by atoms with E-state index in [-0.39, 0.29) is 18.0 Å². The van der Waals surface area contributed by atoms with Gasteiger partial charge in [0.05, 0.1) is 25.4 Å². The summed E-state index contributed by atoms with van der Waals surface area (Å²) >= 11 is 0. The Morgan fingerprint density at radius 1 is 1.23 bits per heavy atom. The van der Waals surface area contributed by atoms with Crippen LogP contribution in [0.3, 0.4) is 0 Å². The maximum atomic E-state index is 10.2. The molecule has 1 fully saturated rings. The minimum atomic E-state index is -0.196. The van der Waals surface area contributed by atoms with Crippen LogP contribution in [0, 0.1) is 12.6 Å². The van der Waals surface area contributed by atoms with E-state index in [0.29, 0.717) is 18.6 Å². The molecule has 0 spiro atoms. The van der Waals surface area contributed by atoms with Gasteiger partial charge in [-0.1, -0.05) is 20.8 Å². The Morgan fingerprint density at radius 2 is 1.64 bits per heavy atom. The van der Waals surface area contributed by atoms with Crippen molar-refractivity contribution >= 4 is 11.9 Å². The molecular weight excluding hydrogens is 288 g/mol. The summed E-state index contributed by atoms with van der Waals surface area (Å²) < 4.78 is 21.6. The third-order valence-electron chi connectivity index (χ3n) is 2.06. The summed E-state index contributed by atoms with van der Waals surface area (Å²) in [6.45, 7) is 18.8. The van der Waals surface area contributed by atoms with E-state index in [9.17, 15) is 9.59 Å². The van der Waals surface area contributed by atoms with E-state index < -0.39 is 0 Å². The van der Waals surface area contributed by atoms with Crippen LogP contribution in [0.15, 0.2) is 0 Å². The second kappa shape index (κ2) is 17.7. The standard InChI is InChI=1S/2C6H12O2.C3H6O.CO/c1-5(2)4-8-6(3)7;1-4-5(2)8-6(3)7;1-3-2-4-3;1-2/h2*5H,4H2,1-3H3;3H,2H2,1H3;. The number of hydrogen-bond acceptors (Lipinski definition) is 5. The van der Waals surface area contributed by atoms with Crippen LogP contribution in [0.5, 0.6) is 0 Å². The molecule has 6 heteroatoms. The van der Waals surface area contributed by atoms with E-state index in [1.807, 2.05) is 27.7 Å². The van der Waals surface area contributed by atoms with Gasteiger partial charge in [0.2, 0.25) is 0 Å². The number of carbonyl (C=O) groups excluding carboxylic acids is 2. The Labute approximate surface area is 134 Å². The number of carbonyl (C=O) groups is 2. The molecule has 6 nitrogen and oxygen atoms in total. The molecule has 0 amide bonds. The molecule has 2 atom stereocenters. The number of ether oxygens (including phenoxy) is 3. The van der Waals surface area contributed by atoms with Gasteiger partial charge < -0.3 is 14.2 Å². The van der Waals surface area contributed by atoms with Crippen LogP contribution in [-0.2, 0) is 28.5 Å². The molecule has 0 N–H and O–H groups in total. The van der Waals surface area contributed by atoms with E-state index >= 15 is 0 Å².